The molecule has 0 bridgehead atoms. The summed E-state index contributed by atoms with van der Waals surface area (Å²) in [6, 6.07) is 0. The largest absolute Gasteiger partial charge is 0.462 e. The SMILES string of the molecule is CC/C=C\C/C=C\C/C=C\C/C=C\C/C=C\C/C=C\C/C=C\C/C=C\CCCCC(=O)OC(COC(=O)CCCCCCC)COC(=O)CCCCCCCCCCCCCCCC/C=C\C/C=C\C/C=C\C/C=C\C/C=C\C/C=C\CC. The maximum absolute atomic E-state index is 12.8. The smallest absolute Gasteiger partial charge is 0.306 e. The Labute approximate surface area is 511 Å². The summed E-state index contributed by atoms with van der Waals surface area (Å²) in [7, 11) is 0. The van der Waals surface area contributed by atoms with Gasteiger partial charge in [0, 0.05) is 19.3 Å². The van der Waals surface area contributed by atoms with Gasteiger partial charge in [0.1, 0.15) is 13.2 Å². The molecule has 0 aromatic rings. The Morgan fingerprint density at radius 2 is 0.470 bits per heavy atom. The highest BCUT2D eigenvalue weighted by Gasteiger charge is 2.19. The summed E-state index contributed by atoms with van der Waals surface area (Å²) in [5.41, 5.74) is 0. The van der Waals surface area contributed by atoms with E-state index in [9.17, 15) is 14.4 Å². The molecule has 0 saturated carbocycles. The molecule has 0 aromatic carbocycles. The van der Waals surface area contributed by atoms with Crippen molar-refractivity contribution in [1.82, 2.24) is 0 Å². The van der Waals surface area contributed by atoms with Gasteiger partial charge < -0.3 is 14.2 Å². The highest BCUT2D eigenvalue weighted by Crippen LogP contribution is 2.15. The molecule has 0 amide bonds. The van der Waals surface area contributed by atoms with Crippen molar-refractivity contribution in [2.24, 2.45) is 0 Å². The molecule has 0 radical (unpaired) electrons. The first-order chi connectivity index (χ1) is 41.0. The van der Waals surface area contributed by atoms with Crippen LogP contribution in [0.5, 0.6) is 0 Å². The minimum atomic E-state index is -0.806. The molecule has 83 heavy (non-hydrogen) atoms. The zero-order chi connectivity index (χ0) is 59.9. The summed E-state index contributed by atoms with van der Waals surface area (Å²) >= 11 is 0. The lowest BCUT2D eigenvalue weighted by Gasteiger charge is -2.18. The first-order valence-electron chi connectivity index (χ1n) is 33.6. The zero-order valence-corrected chi connectivity index (χ0v) is 53.4. The van der Waals surface area contributed by atoms with E-state index in [-0.39, 0.29) is 37.5 Å². The van der Waals surface area contributed by atoms with Crippen LogP contribution in [0.25, 0.3) is 0 Å². The van der Waals surface area contributed by atoms with E-state index < -0.39 is 6.10 Å². The molecule has 0 fully saturated rings. The van der Waals surface area contributed by atoms with Gasteiger partial charge in [-0.05, 0) is 135 Å². The zero-order valence-electron chi connectivity index (χ0n) is 53.4. The van der Waals surface area contributed by atoms with Crippen molar-refractivity contribution in [1.29, 1.82) is 0 Å². The Morgan fingerprint density at radius 1 is 0.253 bits per heavy atom. The van der Waals surface area contributed by atoms with E-state index >= 15 is 0 Å². The Balaban J connectivity index is 4.11. The number of carbonyl (C=O) groups excluding carboxylic acids is 3. The summed E-state index contributed by atoms with van der Waals surface area (Å²) in [6.45, 7) is 6.29. The average Bonchev–Trinajstić information content (AvgIpc) is 3.49. The second-order valence-electron chi connectivity index (χ2n) is 21.6. The van der Waals surface area contributed by atoms with E-state index in [0.717, 1.165) is 154 Å². The van der Waals surface area contributed by atoms with Crippen molar-refractivity contribution < 1.29 is 28.6 Å². The normalized spacial score (nSPS) is 13.2. The van der Waals surface area contributed by atoms with Crippen molar-refractivity contribution in [3.63, 3.8) is 0 Å². The van der Waals surface area contributed by atoms with Gasteiger partial charge in [0.2, 0.25) is 0 Å². The number of hydrogen-bond donors (Lipinski definition) is 0. The van der Waals surface area contributed by atoms with E-state index in [1.807, 2.05) is 0 Å². The molecule has 0 N–H and O–H groups in total. The van der Waals surface area contributed by atoms with Crippen molar-refractivity contribution in [3.8, 4) is 0 Å². The number of carbonyl (C=O) groups is 3. The van der Waals surface area contributed by atoms with Gasteiger partial charge in [0.05, 0.1) is 0 Å². The van der Waals surface area contributed by atoms with Crippen molar-refractivity contribution >= 4 is 17.9 Å². The molecular formula is C77H122O6. The maximum Gasteiger partial charge on any atom is 0.306 e. The molecular weight excluding hydrogens is 1020 g/mol. The Morgan fingerprint density at radius 3 is 0.759 bits per heavy atom. The minimum Gasteiger partial charge on any atom is -0.462 e. The van der Waals surface area contributed by atoms with Crippen LogP contribution >= 0.6 is 0 Å². The number of rotatable bonds is 59. The lowest BCUT2D eigenvalue weighted by Crippen LogP contribution is -2.30. The molecule has 1 atom stereocenters. The summed E-state index contributed by atoms with van der Waals surface area (Å²) in [5, 5.41) is 0. The molecule has 0 heterocycles. The maximum atomic E-state index is 12.8. The molecule has 1 unspecified atom stereocenters. The van der Waals surface area contributed by atoms with Crippen LogP contribution in [0.15, 0.2) is 170 Å². The predicted octanol–water partition coefficient (Wildman–Crippen LogP) is 23.4. The van der Waals surface area contributed by atoms with Gasteiger partial charge in [-0.25, -0.2) is 0 Å². The summed E-state index contributed by atoms with van der Waals surface area (Å²) in [5.74, 6) is -0.963. The number of ether oxygens (including phenoxy) is 3. The van der Waals surface area contributed by atoms with Crippen LogP contribution < -0.4 is 0 Å². The topological polar surface area (TPSA) is 78.9 Å². The fraction of sp³-hybridized carbons (Fsp3) is 0.597. The van der Waals surface area contributed by atoms with E-state index in [1.54, 1.807) is 0 Å². The molecule has 466 valence electrons. The van der Waals surface area contributed by atoms with Crippen molar-refractivity contribution in [2.45, 2.75) is 284 Å². The molecule has 6 nitrogen and oxygen atoms in total. The molecule has 6 heteroatoms. The van der Waals surface area contributed by atoms with Crippen molar-refractivity contribution in [3.05, 3.63) is 170 Å². The molecule has 0 saturated heterocycles. The molecule has 0 spiro atoms. The third-order valence-electron chi connectivity index (χ3n) is 13.7. The number of unbranched alkanes of at least 4 members (excludes halogenated alkanes) is 20. The summed E-state index contributed by atoms with van der Waals surface area (Å²) < 4.78 is 16.7. The monoisotopic (exact) mass is 1140 g/mol. The third kappa shape index (κ3) is 67.4. The molecule has 0 rings (SSSR count). The molecule has 0 aliphatic rings. The second-order valence-corrected chi connectivity index (χ2v) is 21.6. The van der Waals surface area contributed by atoms with Crippen LogP contribution in [-0.4, -0.2) is 37.2 Å². The number of allylic oxidation sites excluding steroid dienone is 28. The van der Waals surface area contributed by atoms with Crippen molar-refractivity contribution in [2.75, 3.05) is 13.2 Å². The first kappa shape index (κ1) is 77.8. The third-order valence-corrected chi connectivity index (χ3v) is 13.7. The first-order valence-corrected chi connectivity index (χ1v) is 33.6. The van der Waals surface area contributed by atoms with Gasteiger partial charge >= 0.3 is 17.9 Å². The highest BCUT2D eigenvalue weighted by molar-refractivity contribution is 5.71. The van der Waals surface area contributed by atoms with Gasteiger partial charge in [-0.15, -0.1) is 0 Å². The second kappa shape index (κ2) is 69.3. The van der Waals surface area contributed by atoms with Crippen LogP contribution in [0.4, 0.5) is 0 Å². The van der Waals surface area contributed by atoms with E-state index in [1.165, 1.54) is 77.0 Å². The minimum absolute atomic E-state index is 0.101. The van der Waals surface area contributed by atoms with Gasteiger partial charge in [0.25, 0.3) is 0 Å². The van der Waals surface area contributed by atoms with Crippen LogP contribution in [-0.2, 0) is 28.6 Å². The summed E-state index contributed by atoms with van der Waals surface area (Å²) in [4.78, 5) is 38.0. The standard InChI is InChI=1S/C77H122O6/c1-4-7-10-13-15-17-19-21-23-25-27-29-31-33-35-36-37-38-39-40-42-43-45-47-49-51-53-55-57-59-61-64-67-70-76(79)82-73-74(72-81-75(78)69-66-63-12-9-6-3)83-77(80)71-68-65-62-60-58-56-54-52-50-48-46-44-41-34-32-30-28-26-24-22-20-18-16-14-11-8-5-2/h7-8,10-11,15-18,21-24,27-30,33-35,37-38,41,46,48,52,54,58,60,74H,4-6,9,12-14,19-20,25-26,31-32,36,39-40,42-45,47,49-51,53,55-57,59,61-73H2,1-3H3/b10-7-,11-8-,17-15-,18-16-,23-21-,24-22-,29-27-,30-28-,35-33-,38-37-,41-34-,48-46-,54-52-,60-58-. The average molecular weight is 1140 g/mol. The van der Waals surface area contributed by atoms with Crippen LogP contribution in [0, 0.1) is 0 Å². The van der Waals surface area contributed by atoms with Gasteiger partial charge in [-0.3, -0.25) is 14.4 Å². The van der Waals surface area contributed by atoms with Crippen LogP contribution in [0.2, 0.25) is 0 Å². The number of esters is 3. The van der Waals surface area contributed by atoms with Crippen LogP contribution in [0.1, 0.15) is 278 Å². The van der Waals surface area contributed by atoms with E-state index in [2.05, 4.69) is 191 Å². The molecule has 0 aliphatic carbocycles. The Kier molecular flexibility index (Phi) is 64.9. The molecule has 0 aliphatic heterocycles. The van der Waals surface area contributed by atoms with Gasteiger partial charge in [-0.2, -0.15) is 0 Å². The Bertz CT molecular complexity index is 1890. The van der Waals surface area contributed by atoms with Crippen LogP contribution in [0.3, 0.4) is 0 Å². The fourth-order valence-electron chi connectivity index (χ4n) is 8.76. The van der Waals surface area contributed by atoms with E-state index in [4.69, 9.17) is 14.2 Å². The fourth-order valence-corrected chi connectivity index (χ4v) is 8.76. The summed E-state index contributed by atoms with van der Waals surface area (Å²) in [6.07, 6.45) is 103. The lowest BCUT2D eigenvalue weighted by molar-refractivity contribution is -0.167. The predicted molar refractivity (Wildman–Crippen MR) is 361 cm³/mol. The Hall–Kier alpha value is -5.23. The van der Waals surface area contributed by atoms with Gasteiger partial charge in [-0.1, -0.05) is 294 Å². The van der Waals surface area contributed by atoms with Gasteiger partial charge in [0.15, 0.2) is 6.10 Å². The van der Waals surface area contributed by atoms with E-state index in [0.29, 0.717) is 19.3 Å². The quantitative estimate of drug-likeness (QED) is 0.0261. The number of hydrogen-bond acceptors (Lipinski definition) is 6. The molecule has 0 aromatic heterocycles. The lowest BCUT2D eigenvalue weighted by atomic mass is 10.0. The highest BCUT2D eigenvalue weighted by atomic mass is 16.6.